The number of hydrogen-bond acceptors (Lipinski definition) is 4. The number of nitrogens with one attached hydrogen (secondary N) is 1. The fraction of sp³-hybridized carbons (Fsp3) is 0.0714. The highest BCUT2D eigenvalue weighted by Crippen LogP contribution is 2.25. The highest BCUT2D eigenvalue weighted by atomic mass is 32.1. The van der Waals surface area contributed by atoms with Crippen molar-refractivity contribution in [3.8, 4) is 0 Å². The summed E-state index contributed by atoms with van der Waals surface area (Å²) in [5.41, 5.74) is 0.950. The molecule has 0 saturated carbocycles. The fourth-order valence-electron chi connectivity index (χ4n) is 1.78. The zero-order chi connectivity index (χ0) is 14.1. The summed E-state index contributed by atoms with van der Waals surface area (Å²) in [4.78, 5) is 27.9. The van der Waals surface area contributed by atoms with Crippen LogP contribution in [-0.4, -0.2) is 15.5 Å². The average Bonchev–Trinajstić information content (AvgIpc) is 2.83. The summed E-state index contributed by atoms with van der Waals surface area (Å²) in [7, 11) is 1.64. The van der Waals surface area contributed by atoms with Crippen LogP contribution < -0.4 is 10.9 Å². The smallest absolute Gasteiger partial charge is 0.257 e. The van der Waals surface area contributed by atoms with E-state index >= 15 is 0 Å². The van der Waals surface area contributed by atoms with E-state index in [0.29, 0.717) is 10.7 Å². The van der Waals surface area contributed by atoms with Crippen molar-refractivity contribution in [3.63, 3.8) is 0 Å². The highest BCUT2D eigenvalue weighted by molar-refractivity contribution is 7.22. The van der Waals surface area contributed by atoms with Crippen LogP contribution in [0.5, 0.6) is 0 Å². The fourth-order valence-corrected chi connectivity index (χ4v) is 2.65. The molecule has 20 heavy (non-hydrogen) atoms. The van der Waals surface area contributed by atoms with Gasteiger partial charge in [-0.3, -0.25) is 14.9 Å². The minimum absolute atomic E-state index is 0.220. The Labute approximate surface area is 118 Å². The van der Waals surface area contributed by atoms with E-state index in [1.54, 1.807) is 19.3 Å². The molecule has 1 N–H and O–H groups in total. The molecule has 2 aromatic heterocycles. The summed E-state index contributed by atoms with van der Waals surface area (Å²) in [6.07, 6.45) is 1.57. The summed E-state index contributed by atoms with van der Waals surface area (Å²) in [6.45, 7) is 0. The average molecular weight is 285 g/mol. The largest absolute Gasteiger partial charge is 0.319 e. The van der Waals surface area contributed by atoms with Crippen molar-refractivity contribution < 1.29 is 4.79 Å². The molecule has 0 fully saturated rings. The van der Waals surface area contributed by atoms with Gasteiger partial charge in [-0.1, -0.05) is 23.5 Å². The number of aromatic nitrogens is 2. The second-order valence-electron chi connectivity index (χ2n) is 4.31. The van der Waals surface area contributed by atoms with Crippen LogP contribution in [0, 0.1) is 0 Å². The van der Waals surface area contributed by atoms with E-state index in [9.17, 15) is 9.59 Å². The minimum Gasteiger partial charge on any atom is -0.319 e. The van der Waals surface area contributed by atoms with Crippen LogP contribution in [0.15, 0.2) is 47.4 Å². The molecule has 100 valence electrons. The summed E-state index contributed by atoms with van der Waals surface area (Å²) in [5.74, 6) is -0.332. The van der Waals surface area contributed by atoms with Gasteiger partial charge in [-0.2, -0.15) is 0 Å². The Morgan fingerprint density at radius 2 is 2.10 bits per heavy atom. The SMILES string of the molecule is Cn1ccc(C(=O)Nc2nc3ccccc3s2)cc1=O. The topological polar surface area (TPSA) is 64.0 Å². The number of pyridine rings is 1. The lowest BCUT2D eigenvalue weighted by Gasteiger charge is -2.02. The van der Waals surface area contributed by atoms with E-state index in [1.807, 2.05) is 24.3 Å². The first kappa shape index (κ1) is 12.6. The van der Waals surface area contributed by atoms with Crippen molar-refractivity contribution >= 4 is 32.6 Å². The standard InChI is InChI=1S/C14H11N3O2S/c1-17-7-6-9(8-12(17)18)13(19)16-14-15-10-4-2-3-5-11(10)20-14/h2-8H,1H3,(H,15,16,19). The quantitative estimate of drug-likeness (QED) is 0.785. The second kappa shape index (κ2) is 4.90. The number of amides is 1. The van der Waals surface area contributed by atoms with Crippen LogP contribution in [0.3, 0.4) is 0 Å². The van der Waals surface area contributed by atoms with Gasteiger partial charge in [0, 0.05) is 24.9 Å². The van der Waals surface area contributed by atoms with Crippen LogP contribution >= 0.6 is 11.3 Å². The van der Waals surface area contributed by atoms with Crippen molar-refractivity contribution in [2.75, 3.05) is 5.32 Å². The normalized spacial score (nSPS) is 10.7. The number of carbonyl (C=O) groups excluding carboxylic acids is 1. The molecule has 0 aliphatic heterocycles. The van der Waals surface area contributed by atoms with Gasteiger partial charge in [0.25, 0.3) is 11.5 Å². The predicted octanol–water partition coefficient (Wildman–Crippen LogP) is 2.25. The van der Waals surface area contributed by atoms with Crippen LogP contribution in [0.2, 0.25) is 0 Å². The van der Waals surface area contributed by atoms with Crippen molar-refractivity contribution in [2.45, 2.75) is 0 Å². The molecular formula is C14H11N3O2S. The number of aryl methyl sites for hydroxylation is 1. The lowest BCUT2D eigenvalue weighted by Crippen LogP contribution is -2.19. The molecule has 3 rings (SSSR count). The molecule has 0 saturated heterocycles. The molecule has 0 spiro atoms. The van der Waals surface area contributed by atoms with Crippen molar-refractivity contribution in [3.05, 3.63) is 58.5 Å². The Bertz CT molecular complexity index is 818. The minimum atomic E-state index is -0.332. The lowest BCUT2D eigenvalue weighted by molar-refractivity contribution is 0.102. The van der Waals surface area contributed by atoms with Crippen LogP contribution in [0.4, 0.5) is 5.13 Å². The Morgan fingerprint density at radius 3 is 2.85 bits per heavy atom. The van der Waals surface area contributed by atoms with E-state index in [-0.39, 0.29) is 11.5 Å². The Hall–Kier alpha value is -2.47. The van der Waals surface area contributed by atoms with Crippen molar-refractivity contribution in [1.82, 2.24) is 9.55 Å². The van der Waals surface area contributed by atoms with Gasteiger partial charge in [0.05, 0.1) is 10.2 Å². The van der Waals surface area contributed by atoms with Gasteiger partial charge in [0.2, 0.25) is 0 Å². The van der Waals surface area contributed by atoms with E-state index in [0.717, 1.165) is 10.2 Å². The molecule has 6 heteroatoms. The summed E-state index contributed by atoms with van der Waals surface area (Å²) < 4.78 is 2.42. The third-order valence-corrected chi connectivity index (χ3v) is 3.83. The maximum atomic E-state index is 12.1. The zero-order valence-electron chi connectivity index (χ0n) is 10.7. The van der Waals surface area contributed by atoms with Gasteiger partial charge in [0.1, 0.15) is 0 Å². The number of rotatable bonds is 2. The molecule has 2 heterocycles. The Morgan fingerprint density at radius 1 is 1.30 bits per heavy atom. The number of benzene rings is 1. The highest BCUT2D eigenvalue weighted by Gasteiger charge is 2.10. The Kier molecular flexibility index (Phi) is 3.08. The molecule has 0 aliphatic rings. The van der Waals surface area contributed by atoms with Gasteiger partial charge in [0.15, 0.2) is 5.13 Å². The van der Waals surface area contributed by atoms with Gasteiger partial charge in [-0.05, 0) is 18.2 Å². The molecule has 0 bridgehead atoms. The van der Waals surface area contributed by atoms with Gasteiger partial charge in [-0.25, -0.2) is 4.98 Å². The van der Waals surface area contributed by atoms with Crippen molar-refractivity contribution in [1.29, 1.82) is 0 Å². The van der Waals surface area contributed by atoms with Crippen LogP contribution in [0.25, 0.3) is 10.2 Å². The summed E-state index contributed by atoms with van der Waals surface area (Å²) >= 11 is 1.40. The van der Waals surface area contributed by atoms with E-state index < -0.39 is 0 Å². The molecule has 3 aromatic rings. The first-order valence-electron chi connectivity index (χ1n) is 5.97. The van der Waals surface area contributed by atoms with Gasteiger partial charge >= 0.3 is 0 Å². The third-order valence-electron chi connectivity index (χ3n) is 2.88. The number of para-hydroxylation sites is 1. The molecule has 0 aliphatic carbocycles. The molecule has 1 amide bonds. The second-order valence-corrected chi connectivity index (χ2v) is 5.34. The third kappa shape index (κ3) is 2.33. The monoisotopic (exact) mass is 285 g/mol. The number of thiazole rings is 1. The number of fused-ring (bicyclic) bond motifs is 1. The molecule has 0 radical (unpaired) electrons. The Balaban J connectivity index is 1.88. The maximum absolute atomic E-state index is 12.1. The van der Waals surface area contributed by atoms with E-state index in [1.165, 1.54) is 22.0 Å². The van der Waals surface area contributed by atoms with Crippen LogP contribution in [0.1, 0.15) is 10.4 Å². The number of nitrogens with zero attached hydrogens (tertiary/aromatic N) is 2. The molecular weight excluding hydrogens is 274 g/mol. The van der Waals surface area contributed by atoms with E-state index in [4.69, 9.17) is 0 Å². The number of anilines is 1. The van der Waals surface area contributed by atoms with Crippen LogP contribution in [-0.2, 0) is 7.05 Å². The maximum Gasteiger partial charge on any atom is 0.257 e. The molecule has 0 unspecified atom stereocenters. The first-order chi connectivity index (χ1) is 9.63. The van der Waals surface area contributed by atoms with Gasteiger partial charge in [-0.15, -0.1) is 0 Å². The first-order valence-corrected chi connectivity index (χ1v) is 6.79. The summed E-state index contributed by atoms with van der Waals surface area (Å²) in [6, 6.07) is 10.6. The van der Waals surface area contributed by atoms with Gasteiger partial charge < -0.3 is 4.57 Å². The number of carbonyl (C=O) groups is 1. The van der Waals surface area contributed by atoms with E-state index in [2.05, 4.69) is 10.3 Å². The lowest BCUT2D eigenvalue weighted by atomic mass is 10.2. The molecule has 0 atom stereocenters. The number of hydrogen-bond donors (Lipinski definition) is 1. The molecule has 5 nitrogen and oxygen atoms in total. The van der Waals surface area contributed by atoms with Crippen molar-refractivity contribution in [2.24, 2.45) is 7.05 Å². The zero-order valence-corrected chi connectivity index (χ0v) is 11.5. The summed E-state index contributed by atoms with van der Waals surface area (Å²) in [5, 5.41) is 3.24. The predicted molar refractivity (Wildman–Crippen MR) is 79.3 cm³/mol. The molecule has 1 aromatic carbocycles.